The van der Waals surface area contributed by atoms with Gasteiger partial charge in [0.1, 0.15) is 5.82 Å². The summed E-state index contributed by atoms with van der Waals surface area (Å²) in [7, 11) is 0. The summed E-state index contributed by atoms with van der Waals surface area (Å²) >= 11 is 5.97. The molecule has 0 bridgehead atoms. The Bertz CT molecular complexity index is 1210. The van der Waals surface area contributed by atoms with Crippen molar-refractivity contribution in [1.29, 1.82) is 0 Å². The zero-order chi connectivity index (χ0) is 21.7. The number of fused-ring (bicyclic) bond motifs is 1. The van der Waals surface area contributed by atoms with Crippen LogP contribution in [0.5, 0.6) is 0 Å². The van der Waals surface area contributed by atoms with Crippen molar-refractivity contribution in [2.75, 3.05) is 11.4 Å². The zero-order valence-corrected chi connectivity index (χ0v) is 18.0. The fraction of sp³-hybridized carbons (Fsp3) is 0.318. The summed E-state index contributed by atoms with van der Waals surface area (Å²) in [5, 5.41) is 4.75. The maximum absolute atomic E-state index is 13.2. The minimum atomic E-state index is -0.191. The van der Waals surface area contributed by atoms with E-state index in [9.17, 15) is 9.59 Å². The Hall–Kier alpha value is -3.26. The summed E-state index contributed by atoms with van der Waals surface area (Å²) in [5.74, 6) is 1.31. The molecule has 8 nitrogen and oxygen atoms in total. The maximum Gasteiger partial charge on any atom is 0.255 e. The van der Waals surface area contributed by atoms with Gasteiger partial charge in [0.05, 0.1) is 30.0 Å². The molecule has 0 spiro atoms. The van der Waals surface area contributed by atoms with Gasteiger partial charge in [-0.1, -0.05) is 11.6 Å². The van der Waals surface area contributed by atoms with Crippen LogP contribution >= 0.6 is 11.6 Å². The third kappa shape index (κ3) is 3.27. The van der Waals surface area contributed by atoms with E-state index in [0.29, 0.717) is 41.7 Å². The second kappa shape index (κ2) is 7.46. The molecule has 0 aromatic carbocycles. The summed E-state index contributed by atoms with van der Waals surface area (Å²) in [6.45, 7) is 5.00. The van der Waals surface area contributed by atoms with Crippen LogP contribution in [-0.4, -0.2) is 43.0 Å². The lowest BCUT2D eigenvalue weighted by molar-refractivity contribution is -0.117. The minimum absolute atomic E-state index is 0.0571. The van der Waals surface area contributed by atoms with E-state index in [-0.39, 0.29) is 17.9 Å². The summed E-state index contributed by atoms with van der Waals surface area (Å²) in [6, 6.07) is 3.56. The molecule has 31 heavy (non-hydrogen) atoms. The fourth-order valence-corrected chi connectivity index (χ4v) is 4.44. The van der Waals surface area contributed by atoms with Crippen LogP contribution in [0.4, 0.5) is 5.82 Å². The molecule has 0 N–H and O–H groups in total. The summed E-state index contributed by atoms with van der Waals surface area (Å²) in [6.07, 6.45) is 7.99. The van der Waals surface area contributed by atoms with Gasteiger partial charge in [-0.15, -0.1) is 0 Å². The number of carbonyl (C=O) groups excluding carboxylic acids is 2. The molecule has 9 heteroatoms. The molecule has 3 aromatic heterocycles. The van der Waals surface area contributed by atoms with Gasteiger partial charge in [-0.05, 0) is 43.5 Å². The smallest absolute Gasteiger partial charge is 0.255 e. The van der Waals surface area contributed by atoms with Crippen molar-refractivity contribution < 1.29 is 9.59 Å². The Balaban J connectivity index is 1.44. The van der Waals surface area contributed by atoms with E-state index < -0.39 is 0 Å². The van der Waals surface area contributed by atoms with Crippen LogP contribution in [0.15, 0.2) is 36.9 Å². The molecule has 2 amide bonds. The van der Waals surface area contributed by atoms with Gasteiger partial charge in [0.2, 0.25) is 5.91 Å². The van der Waals surface area contributed by atoms with E-state index >= 15 is 0 Å². The average molecular weight is 437 g/mol. The Kier molecular flexibility index (Phi) is 4.74. The lowest BCUT2D eigenvalue weighted by Crippen LogP contribution is -2.28. The molecule has 158 valence electrons. The molecule has 0 saturated carbocycles. The van der Waals surface area contributed by atoms with Crippen molar-refractivity contribution in [2.24, 2.45) is 0 Å². The largest absolute Gasteiger partial charge is 0.327 e. The molecule has 1 fully saturated rings. The molecule has 1 atom stereocenters. The van der Waals surface area contributed by atoms with E-state index in [1.165, 1.54) is 0 Å². The van der Waals surface area contributed by atoms with E-state index in [1.807, 2.05) is 19.9 Å². The van der Waals surface area contributed by atoms with E-state index in [4.69, 9.17) is 11.6 Å². The molecule has 5 rings (SSSR count). The number of pyridine rings is 2. The highest BCUT2D eigenvalue weighted by Gasteiger charge is 2.36. The lowest BCUT2D eigenvalue weighted by Gasteiger charge is -2.25. The molecule has 0 radical (unpaired) electrons. The van der Waals surface area contributed by atoms with Crippen LogP contribution in [-0.2, 0) is 11.3 Å². The van der Waals surface area contributed by atoms with Gasteiger partial charge in [-0.25, -0.2) is 14.6 Å². The zero-order valence-electron chi connectivity index (χ0n) is 17.2. The van der Waals surface area contributed by atoms with Crippen molar-refractivity contribution in [3.8, 4) is 5.82 Å². The van der Waals surface area contributed by atoms with Crippen LogP contribution in [0.1, 0.15) is 52.9 Å². The first-order valence-corrected chi connectivity index (χ1v) is 10.6. The van der Waals surface area contributed by atoms with Crippen LogP contribution < -0.4 is 4.90 Å². The molecule has 2 aliphatic heterocycles. The predicted molar refractivity (Wildman–Crippen MR) is 115 cm³/mol. The van der Waals surface area contributed by atoms with E-state index in [1.54, 1.807) is 45.3 Å². The predicted octanol–water partition coefficient (Wildman–Crippen LogP) is 3.47. The number of halogens is 1. The summed E-state index contributed by atoms with van der Waals surface area (Å²) < 4.78 is 1.63. The Morgan fingerprint density at radius 1 is 1.16 bits per heavy atom. The van der Waals surface area contributed by atoms with Gasteiger partial charge in [0.15, 0.2) is 5.82 Å². The minimum Gasteiger partial charge on any atom is -0.327 e. The standard InChI is InChI=1S/C22H21ClN6O2/c1-13-8-15(9-25-20(13)29-11-16(23)10-26-29)14(2)28-12-18-17(22(28)31)5-6-24-21(18)27-7-3-4-19(27)30/h5-6,8-11,14H,3-4,7,12H2,1-2H3. The second-order valence-corrected chi connectivity index (χ2v) is 8.37. The van der Waals surface area contributed by atoms with Crippen LogP contribution in [0.25, 0.3) is 5.82 Å². The molecular formula is C22H21ClN6O2. The van der Waals surface area contributed by atoms with Crippen molar-refractivity contribution in [3.63, 3.8) is 0 Å². The number of hydrogen-bond donors (Lipinski definition) is 0. The molecule has 1 saturated heterocycles. The van der Waals surface area contributed by atoms with Crippen molar-refractivity contribution in [3.05, 3.63) is 64.2 Å². The molecule has 1 unspecified atom stereocenters. The second-order valence-electron chi connectivity index (χ2n) is 7.93. The van der Waals surface area contributed by atoms with Gasteiger partial charge in [0.25, 0.3) is 5.91 Å². The fourth-order valence-electron chi connectivity index (χ4n) is 4.31. The number of hydrogen-bond acceptors (Lipinski definition) is 5. The molecule has 0 aliphatic carbocycles. The number of nitrogens with zero attached hydrogens (tertiary/aromatic N) is 6. The molecular weight excluding hydrogens is 416 g/mol. The summed E-state index contributed by atoms with van der Waals surface area (Å²) in [4.78, 5) is 37.9. The topological polar surface area (TPSA) is 84.2 Å². The van der Waals surface area contributed by atoms with Gasteiger partial charge < -0.3 is 4.90 Å². The van der Waals surface area contributed by atoms with Crippen LogP contribution in [0.2, 0.25) is 5.02 Å². The van der Waals surface area contributed by atoms with Crippen molar-refractivity contribution in [1.82, 2.24) is 24.6 Å². The van der Waals surface area contributed by atoms with Crippen LogP contribution in [0.3, 0.4) is 0 Å². The third-order valence-corrected chi connectivity index (χ3v) is 6.17. The first-order chi connectivity index (χ1) is 14.9. The maximum atomic E-state index is 13.2. The quantitative estimate of drug-likeness (QED) is 0.625. The monoisotopic (exact) mass is 436 g/mol. The van der Waals surface area contributed by atoms with Crippen LogP contribution in [0, 0.1) is 6.92 Å². The van der Waals surface area contributed by atoms with Gasteiger partial charge in [-0.3, -0.25) is 14.5 Å². The highest BCUT2D eigenvalue weighted by molar-refractivity contribution is 6.30. The first-order valence-electron chi connectivity index (χ1n) is 10.2. The molecule has 2 aliphatic rings. The Morgan fingerprint density at radius 2 is 2.00 bits per heavy atom. The van der Waals surface area contributed by atoms with E-state index in [2.05, 4.69) is 15.1 Å². The number of anilines is 1. The van der Waals surface area contributed by atoms with Crippen molar-refractivity contribution in [2.45, 2.75) is 39.3 Å². The molecule has 5 heterocycles. The van der Waals surface area contributed by atoms with E-state index in [0.717, 1.165) is 23.1 Å². The van der Waals surface area contributed by atoms with Gasteiger partial charge in [0, 0.05) is 36.5 Å². The van der Waals surface area contributed by atoms with Gasteiger partial charge >= 0.3 is 0 Å². The SMILES string of the molecule is Cc1cc(C(C)N2Cc3c(ccnc3N3CCCC3=O)C2=O)cnc1-n1cc(Cl)cn1. The molecule has 3 aromatic rings. The number of carbonyl (C=O) groups is 2. The van der Waals surface area contributed by atoms with Gasteiger partial charge in [-0.2, -0.15) is 5.10 Å². The number of rotatable bonds is 4. The average Bonchev–Trinajstić information content (AvgIpc) is 3.46. The number of aryl methyl sites for hydroxylation is 1. The highest BCUT2D eigenvalue weighted by atomic mass is 35.5. The first kappa shape index (κ1) is 19.7. The Labute approximate surface area is 184 Å². The highest BCUT2D eigenvalue weighted by Crippen LogP contribution is 2.36. The normalized spacial score (nSPS) is 16.9. The summed E-state index contributed by atoms with van der Waals surface area (Å²) in [5.41, 5.74) is 3.29. The lowest BCUT2D eigenvalue weighted by atomic mass is 10.1. The Morgan fingerprint density at radius 3 is 2.68 bits per heavy atom. The van der Waals surface area contributed by atoms with Crippen molar-refractivity contribution >= 4 is 29.2 Å². The number of amides is 2. The third-order valence-electron chi connectivity index (χ3n) is 5.97. The number of aromatic nitrogens is 4.